The lowest BCUT2D eigenvalue weighted by Crippen LogP contribution is -2.19. The van der Waals surface area contributed by atoms with Crippen LogP contribution in [0.5, 0.6) is 0 Å². The lowest BCUT2D eigenvalue weighted by molar-refractivity contribution is -0.138. The minimum absolute atomic E-state index is 0.125. The quantitative estimate of drug-likeness (QED) is 0.401. The number of amidine groups is 1. The molecule has 0 fully saturated rings. The fraction of sp³-hybridized carbons (Fsp3) is 0.250. The molecule has 13 heavy (non-hydrogen) atoms. The molecular formula is C8H11FN2O2. The first-order valence-corrected chi connectivity index (χ1v) is 3.45. The van der Waals surface area contributed by atoms with Gasteiger partial charge < -0.3 is 10.1 Å². The molecule has 0 atom stereocenters. The third-order valence-electron chi connectivity index (χ3n) is 1.09. The lowest BCUT2D eigenvalue weighted by Gasteiger charge is -2.01. The number of nitrogens with one attached hydrogen (secondary N) is 1. The highest BCUT2D eigenvalue weighted by atomic mass is 19.1. The first kappa shape index (κ1) is 11.4. The highest BCUT2D eigenvalue weighted by Crippen LogP contribution is 1.93. The van der Waals surface area contributed by atoms with Crippen molar-refractivity contribution in [2.45, 2.75) is 0 Å². The van der Waals surface area contributed by atoms with Gasteiger partial charge in [0.05, 0.1) is 7.11 Å². The number of carbonyl (C=O) groups excluding carboxylic acids is 1. The lowest BCUT2D eigenvalue weighted by atomic mass is 10.5. The molecule has 0 amide bonds. The van der Waals surface area contributed by atoms with Crippen molar-refractivity contribution < 1.29 is 13.9 Å². The number of nitrogens with zero attached hydrogens (tertiary/aromatic N) is 1. The predicted octanol–water partition coefficient (Wildman–Crippen LogP) is 0.774. The number of methoxy groups -OCH3 is 1. The third-order valence-corrected chi connectivity index (χ3v) is 1.09. The predicted molar refractivity (Wildman–Crippen MR) is 47.9 cm³/mol. The maximum atomic E-state index is 12.5. The molecule has 72 valence electrons. The highest BCUT2D eigenvalue weighted by molar-refractivity contribution is 5.97. The minimum atomic E-state index is -0.760. The summed E-state index contributed by atoms with van der Waals surface area (Å²) in [6, 6.07) is 0. The maximum Gasteiger partial charge on any atom is 0.327 e. The molecule has 0 spiro atoms. The van der Waals surface area contributed by atoms with E-state index in [1.165, 1.54) is 13.3 Å². The van der Waals surface area contributed by atoms with E-state index in [1.807, 2.05) is 0 Å². The van der Waals surface area contributed by atoms with Crippen molar-refractivity contribution in [3.63, 3.8) is 0 Å². The first-order chi connectivity index (χ1) is 6.11. The largest absolute Gasteiger partial charge is 0.468 e. The van der Waals surface area contributed by atoms with E-state index in [2.05, 4.69) is 28.2 Å². The van der Waals surface area contributed by atoms with Crippen LogP contribution in [-0.2, 0) is 9.53 Å². The average molecular weight is 186 g/mol. The molecule has 4 nitrogen and oxygen atoms in total. The molecule has 1 N–H and O–H groups in total. The summed E-state index contributed by atoms with van der Waals surface area (Å²) in [5.41, 5.74) is 0. The van der Waals surface area contributed by atoms with Crippen LogP contribution in [0.25, 0.3) is 0 Å². The summed E-state index contributed by atoms with van der Waals surface area (Å²) in [6.45, 7) is 6.08. The van der Waals surface area contributed by atoms with E-state index in [0.29, 0.717) is 0 Å². The number of halogens is 1. The highest BCUT2D eigenvalue weighted by Gasteiger charge is 2.03. The summed E-state index contributed by atoms with van der Waals surface area (Å²) < 4.78 is 16.8. The van der Waals surface area contributed by atoms with E-state index in [-0.39, 0.29) is 12.4 Å². The van der Waals surface area contributed by atoms with Gasteiger partial charge in [-0.25, -0.2) is 4.39 Å². The summed E-state index contributed by atoms with van der Waals surface area (Å²) in [5.74, 6) is -1.44. The Morgan fingerprint density at radius 2 is 2.38 bits per heavy atom. The second-order valence-corrected chi connectivity index (χ2v) is 1.99. The van der Waals surface area contributed by atoms with Crippen molar-refractivity contribution in [1.82, 2.24) is 5.32 Å². The summed E-state index contributed by atoms with van der Waals surface area (Å²) in [4.78, 5) is 14.2. The van der Waals surface area contributed by atoms with Gasteiger partial charge in [-0.2, -0.15) is 0 Å². The molecule has 0 rings (SSSR count). The molecule has 0 aliphatic carbocycles. The van der Waals surface area contributed by atoms with Crippen LogP contribution in [0.4, 0.5) is 4.39 Å². The van der Waals surface area contributed by atoms with Crippen molar-refractivity contribution in [2.24, 2.45) is 4.99 Å². The van der Waals surface area contributed by atoms with Crippen LogP contribution in [0.2, 0.25) is 0 Å². The normalized spacial score (nSPS) is 10.5. The fourth-order valence-corrected chi connectivity index (χ4v) is 0.515. The number of carbonyl (C=O) groups is 1. The van der Waals surface area contributed by atoms with Crippen LogP contribution in [0.15, 0.2) is 30.2 Å². The fourth-order valence-electron chi connectivity index (χ4n) is 0.515. The Hall–Kier alpha value is -1.65. The van der Waals surface area contributed by atoms with Crippen molar-refractivity contribution in [1.29, 1.82) is 0 Å². The van der Waals surface area contributed by atoms with Gasteiger partial charge >= 0.3 is 5.97 Å². The van der Waals surface area contributed by atoms with Crippen molar-refractivity contribution in [3.05, 3.63) is 25.2 Å². The second kappa shape index (κ2) is 5.93. The van der Waals surface area contributed by atoms with Crippen molar-refractivity contribution in [3.8, 4) is 0 Å². The van der Waals surface area contributed by atoms with Crippen molar-refractivity contribution >= 4 is 11.8 Å². The molecule has 0 aliphatic heterocycles. The van der Waals surface area contributed by atoms with Crippen LogP contribution in [0.1, 0.15) is 0 Å². The van der Waals surface area contributed by atoms with Gasteiger partial charge in [0.1, 0.15) is 6.54 Å². The Morgan fingerprint density at radius 3 is 2.77 bits per heavy atom. The molecule has 0 heterocycles. The van der Waals surface area contributed by atoms with Gasteiger partial charge in [0.2, 0.25) is 0 Å². The monoisotopic (exact) mass is 186 g/mol. The molecule has 0 aromatic rings. The van der Waals surface area contributed by atoms with Crippen LogP contribution in [-0.4, -0.2) is 25.5 Å². The Balaban J connectivity index is 4.27. The Kier molecular flexibility index (Phi) is 5.18. The van der Waals surface area contributed by atoms with Gasteiger partial charge in [0.15, 0.2) is 11.7 Å². The molecule has 0 saturated carbocycles. The second-order valence-electron chi connectivity index (χ2n) is 1.99. The minimum Gasteiger partial charge on any atom is -0.468 e. The Bertz CT molecular complexity index is 249. The summed E-state index contributed by atoms with van der Waals surface area (Å²) in [5, 5.41) is 2.39. The molecule has 0 radical (unpaired) electrons. The number of ether oxygens (including phenoxy) is 1. The number of esters is 1. The molecule has 0 bridgehead atoms. The Morgan fingerprint density at radius 1 is 1.77 bits per heavy atom. The van der Waals surface area contributed by atoms with Gasteiger partial charge in [-0.15, -0.1) is 0 Å². The van der Waals surface area contributed by atoms with E-state index in [0.717, 1.165) is 0 Å². The van der Waals surface area contributed by atoms with Crippen LogP contribution >= 0.6 is 0 Å². The van der Waals surface area contributed by atoms with Gasteiger partial charge in [0.25, 0.3) is 0 Å². The van der Waals surface area contributed by atoms with E-state index >= 15 is 0 Å². The number of aliphatic imine (C=N–C) groups is 1. The Labute approximate surface area is 75.8 Å². The van der Waals surface area contributed by atoms with E-state index in [4.69, 9.17) is 0 Å². The van der Waals surface area contributed by atoms with Crippen LogP contribution in [0.3, 0.4) is 0 Å². The number of hydrogen-bond acceptors (Lipinski definition) is 3. The van der Waals surface area contributed by atoms with Crippen LogP contribution in [0, 0.1) is 0 Å². The van der Waals surface area contributed by atoms with E-state index < -0.39 is 11.8 Å². The van der Waals surface area contributed by atoms with Gasteiger partial charge in [-0.1, -0.05) is 13.2 Å². The molecule has 5 heteroatoms. The zero-order valence-electron chi connectivity index (χ0n) is 7.34. The number of hydrogen-bond donors (Lipinski definition) is 1. The molecule has 0 aromatic carbocycles. The zero-order valence-corrected chi connectivity index (χ0v) is 7.34. The molecule has 0 aliphatic rings. The summed E-state index contributed by atoms with van der Waals surface area (Å²) >= 11 is 0. The van der Waals surface area contributed by atoms with E-state index in [9.17, 15) is 9.18 Å². The SMILES string of the molecule is C=CNC(=NCC(=O)OC)C(=C)F. The molecule has 0 saturated heterocycles. The number of rotatable bonds is 4. The van der Waals surface area contributed by atoms with Gasteiger partial charge in [0, 0.05) is 0 Å². The topological polar surface area (TPSA) is 50.7 Å². The zero-order chi connectivity index (χ0) is 10.3. The van der Waals surface area contributed by atoms with Gasteiger partial charge in [-0.3, -0.25) is 9.79 Å². The maximum absolute atomic E-state index is 12.5. The van der Waals surface area contributed by atoms with Crippen molar-refractivity contribution in [2.75, 3.05) is 13.7 Å². The standard InChI is InChI=1S/C8H11FN2O2/c1-4-10-8(6(2)9)11-5-7(12)13-3/h4H,1-2,5H2,3H3,(H,10,11). The smallest absolute Gasteiger partial charge is 0.327 e. The van der Waals surface area contributed by atoms with E-state index in [1.54, 1.807) is 0 Å². The van der Waals surface area contributed by atoms with Crippen LogP contribution < -0.4 is 5.32 Å². The first-order valence-electron chi connectivity index (χ1n) is 3.45. The third kappa shape index (κ3) is 4.73. The summed E-state index contributed by atoms with van der Waals surface area (Å²) in [6.07, 6.45) is 1.24. The molecule has 0 unspecified atom stereocenters. The molecule has 0 aromatic heterocycles. The van der Waals surface area contributed by atoms with Gasteiger partial charge in [-0.05, 0) is 6.20 Å². The molecular weight excluding hydrogens is 175 g/mol. The average Bonchev–Trinajstić information content (AvgIpc) is 2.11. The summed E-state index contributed by atoms with van der Waals surface area (Å²) in [7, 11) is 1.22.